The number of aryl methyl sites for hydroxylation is 1. The minimum absolute atomic E-state index is 0.757. The van der Waals surface area contributed by atoms with Gasteiger partial charge in [0.25, 0.3) is 0 Å². The molecule has 0 saturated heterocycles. The predicted octanol–water partition coefficient (Wildman–Crippen LogP) is 3.06. The molecule has 0 spiro atoms. The molecule has 0 saturated carbocycles. The molecule has 2 rings (SSSR count). The van der Waals surface area contributed by atoms with E-state index >= 15 is 0 Å². The van der Waals surface area contributed by atoms with E-state index in [1.54, 1.807) is 0 Å². The summed E-state index contributed by atoms with van der Waals surface area (Å²) in [6.07, 6.45) is 3.73. The molecule has 0 N–H and O–H groups in total. The van der Waals surface area contributed by atoms with Gasteiger partial charge in [0.2, 0.25) is 0 Å². The summed E-state index contributed by atoms with van der Waals surface area (Å²) in [5.74, 6) is 0. The average Bonchev–Trinajstić information content (AvgIpc) is 2.30. The maximum Gasteiger partial charge on any atom is 0.138 e. The maximum absolute atomic E-state index is 5.93. The molecule has 0 aromatic carbocycles. The second-order valence-electron chi connectivity index (χ2n) is 2.63. The number of fused-ring (bicyclic) bond motifs is 1. The van der Waals surface area contributed by atoms with Crippen LogP contribution in [0.15, 0.2) is 23.1 Å². The van der Waals surface area contributed by atoms with Crippen LogP contribution in [-0.2, 0) is 0 Å². The number of aromatic nitrogens is 2. The number of pyridine rings is 1. The molecule has 2 aromatic rings. The third-order valence-electron chi connectivity index (χ3n) is 1.71. The quantitative estimate of drug-likeness (QED) is 0.697. The van der Waals surface area contributed by atoms with Crippen LogP contribution in [0.2, 0.25) is 5.02 Å². The SMILES string of the molecule is Cc1cc2nc(Br)cn2cc1Cl. The Morgan fingerprint density at radius 3 is 3.00 bits per heavy atom. The number of halogens is 2. The molecule has 2 aromatic heterocycles. The van der Waals surface area contributed by atoms with Gasteiger partial charge in [0, 0.05) is 12.4 Å². The van der Waals surface area contributed by atoms with Gasteiger partial charge < -0.3 is 4.40 Å². The highest BCUT2D eigenvalue weighted by Crippen LogP contribution is 2.18. The van der Waals surface area contributed by atoms with Gasteiger partial charge in [0.15, 0.2) is 0 Å². The molecule has 0 radical (unpaired) electrons. The Labute approximate surface area is 83.3 Å². The van der Waals surface area contributed by atoms with Crippen molar-refractivity contribution in [2.45, 2.75) is 6.92 Å². The number of imidazole rings is 1. The zero-order valence-electron chi connectivity index (χ0n) is 6.38. The first kappa shape index (κ1) is 8.08. The number of nitrogens with zero attached hydrogens (tertiary/aromatic N) is 2. The van der Waals surface area contributed by atoms with Crippen molar-refractivity contribution in [3.63, 3.8) is 0 Å². The Balaban J connectivity index is 2.83. The third kappa shape index (κ3) is 1.23. The fourth-order valence-electron chi connectivity index (χ4n) is 1.07. The molecule has 2 heterocycles. The summed E-state index contributed by atoms with van der Waals surface area (Å²) in [6, 6.07) is 1.95. The zero-order valence-corrected chi connectivity index (χ0v) is 8.72. The van der Waals surface area contributed by atoms with Crippen LogP contribution in [0.25, 0.3) is 5.65 Å². The van der Waals surface area contributed by atoms with Crippen LogP contribution < -0.4 is 0 Å². The summed E-state index contributed by atoms with van der Waals surface area (Å²) in [5, 5.41) is 0.757. The molecular weight excluding hydrogens is 239 g/mol. The summed E-state index contributed by atoms with van der Waals surface area (Å²) in [6.45, 7) is 1.96. The highest BCUT2D eigenvalue weighted by atomic mass is 79.9. The first-order chi connectivity index (χ1) is 5.66. The fourth-order valence-corrected chi connectivity index (χ4v) is 1.64. The molecule has 0 unspecified atom stereocenters. The molecular formula is C8H6BrClN2. The number of rotatable bonds is 0. The second-order valence-corrected chi connectivity index (χ2v) is 3.85. The average molecular weight is 246 g/mol. The van der Waals surface area contributed by atoms with Crippen molar-refractivity contribution in [3.8, 4) is 0 Å². The third-order valence-corrected chi connectivity index (χ3v) is 2.48. The molecule has 0 aliphatic heterocycles. The van der Waals surface area contributed by atoms with E-state index in [1.165, 1.54) is 0 Å². The van der Waals surface area contributed by atoms with E-state index < -0.39 is 0 Å². The Hall–Kier alpha value is -0.540. The molecule has 0 fully saturated rings. The molecule has 4 heteroatoms. The number of hydrogen-bond acceptors (Lipinski definition) is 1. The van der Waals surface area contributed by atoms with Crippen molar-refractivity contribution >= 4 is 33.2 Å². The van der Waals surface area contributed by atoms with E-state index in [-0.39, 0.29) is 0 Å². The summed E-state index contributed by atoms with van der Waals surface area (Å²) in [5.41, 5.74) is 1.95. The first-order valence-electron chi connectivity index (χ1n) is 3.47. The number of hydrogen-bond donors (Lipinski definition) is 0. The predicted molar refractivity (Wildman–Crippen MR) is 52.6 cm³/mol. The Morgan fingerprint density at radius 2 is 2.25 bits per heavy atom. The molecule has 0 aliphatic rings. The van der Waals surface area contributed by atoms with Crippen molar-refractivity contribution in [3.05, 3.63) is 33.6 Å². The second kappa shape index (κ2) is 2.75. The lowest BCUT2D eigenvalue weighted by Gasteiger charge is -1.97. The normalized spacial score (nSPS) is 10.9. The van der Waals surface area contributed by atoms with Gasteiger partial charge >= 0.3 is 0 Å². The van der Waals surface area contributed by atoms with Crippen molar-refractivity contribution in [2.75, 3.05) is 0 Å². The zero-order chi connectivity index (χ0) is 8.72. The van der Waals surface area contributed by atoms with E-state index in [2.05, 4.69) is 20.9 Å². The summed E-state index contributed by atoms with van der Waals surface area (Å²) in [7, 11) is 0. The monoisotopic (exact) mass is 244 g/mol. The highest BCUT2D eigenvalue weighted by molar-refractivity contribution is 9.10. The van der Waals surface area contributed by atoms with Gasteiger partial charge in [0.1, 0.15) is 10.3 Å². The van der Waals surface area contributed by atoms with E-state index in [0.717, 1.165) is 20.8 Å². The van der Waals surface area contributed by atoms with Crippen LogP contribution in [0.5, 0.6) is 0 Å². The van der Waals surface area contributed by atoms with Crippen molar-refractivity contribution in [2.24, 2.45) is 0 Å². The van der Waals surface area contributed by atoms with Crippen molar-refractivity contribution in [1.29, 1.82) is 0 Å². The standard InChI is InChI=1S/C8H6BrClN2/c1-5-2-8-11-7(9)4-12(8)3-6(5)10/h2-4H,1H3. The lowest BCUT2D eigenvalue weighted by molar-refractivity contribution is 1.17. The Morgan fingerprint density at radius 1 is 1.50 bits per heavy atom. The van der Waals surface area contributed by atoms with E-state index in [1.807, 2.05) is 29.8 Å². The Bertz CT molecular complexity index is 397. The van der Waals surface area contributed by atoms with Crippen LogP contribution in [0.4, 0.5) is 0 Å². The summed E-state index contributed by atoms with van der Waals surface area (Å²) in [4.78, 5) is 4.24. The molecule has 62 valence electrons. The molecule has 0 amide bonds. The molecule has 2 nitrogen and oxygen atoms in total. The van der Waals surface area contributed by atoms with E-state index in [4.69, 9.17) is 11.6 Å². The van der Waals surface area contributed by atoms with Gasteiger partial charge in [-0.1, -0.05) is 11.6 Å². The van der Waals surface area contributed by atoms with E-state index in [9.17, 15) is 0 Å². The van der Waals surface area contributed by atoms with Gasteiger partial charge in [-0.25, -0.2) is 4.98 Å². The summed E-state index contributed by atoms with van der Waals surface area (Å²) < 4.78 is 2.71. The van der Waals surface area contributed by atoms with Gasteiger partial charge in [0.05, 0.1) is 5.02 Å². The lowest BCUT2D eigenvalue weighted by Crippen LogP contribution is -1.84. The lowest BCUT2D eigenvalue weighted by atomic mass is 10.3. The fraction of sp³-hybridized carbons (Fsp3) is 0.125. The van der Waals surface area contributed by atoms with Gasteiger partial charge in [-0.2, -0.15) is 0 Å². The smallest absolute Gasteiger partial charge is 0.138 e. The van der Waals surface area contributed by atoms with Gasteiger partial charge in [-0.3, -0.25) is 0 Å². The van der Waals surface area contributed by atoms with Crippen molar-refractivity contribution in [1.82, 2.24) is 9.38 Å². The van der Waals surface area contributed by atoms with Crippen LogP contribution in [0, 0.1) is 6.92 Å². The minimum Gasteiger partial charge on any atom is -0.304 e. The Kier molecular flexibility index (Phi) is 1.85. The molecule has 12 heavy (non-hydrogen) atoms. The topological polar surface area (TPSA) is 17.3 Å². The van der Waals surface area contributed by atoms with Crippen LogP contribution >= 0.6 is 27.5 Å². The van der Waals surface area contributed by atoms with Crippen LogP contribution in [-0.4, -0.2) is 9.38 Å². The van der Waals surface area contributed by atoms with E-state index in [0.29, 0.717) is 0 Å². The van der Waals surface area contributed by atoms with Crippen LogP contribution in [0.3, 0.4) is 0 Å². The largest absolute Gasteiger partial charge is 0.304 e. The van der Waals surface area contributed by atoms with Crippen molar-refractivity contribution < 1.29 is 0 Å². The maximum atomic E-state index is 5.93. The summed E-state index contributed by atoms with van der Waals surface area (Å²) >= 11 is 9.23. The molecule has 0 bridgehead atoms. The van der Waals surface area contributed by atoms with Gasteiger partial charge in [-0.15, -0.1) is 0 Å². The first-order valence-corrected chi connectivity index (χ1v) is 4.64. The molecule has 0 atom stereocenters. The highest BCUT2D eigenvalue weighted by Gasteiger charge is 2.01. The molecule has 0 aliphatic carbocycles. The van der Waals surface area contributed by atoms with Crippen LogP contribution in [0.1, 0.15) is 5.56 Å². The minimum atomic E-state index is 0.757. The van der Waals surface area contributed by atoms with Gasteiger partial charge in [-0.05, 0) is 34.5 Å².